The summed E-state index contributed by atoms with van der Waals surface area (Å²) >= 11 is 0. The Labute approximate surface area is 154 Å². The van der Waals surface area contributed by atoms with Crippen molar-refractivity contribution in [1.29, 1.82) is 0 Å². The topological polar surface area (TPSA) is 86.4 Å². The van der Waals surface area contributed by atoms with Crippen molar-refractivity contribution in [2.24, 2.45) is 0 Å². The standard InChI is InChI=1S/C20H17N3O4/c1-26-14-6-4-5-13(9-14)10-21-17(24)11-23-12-22-18-15-7-2-3-8-16(15)27-19(18)20(23)25/h2-9,12H,10-11H2,1H3,(H,21,24). The molecule has 7 heteroatoms. The highest BCUT2D eigenvalue weighted by Crippen LogP contribution is 2.23. The van der Waals surface area contributed by atoms with Crippen molar-refractivity contribution >= 4 is 28.0 Å². The van der Waals surface area contributed by atoms with Gasteiger partial charge in [0.15, 0.2) is 0 Å². The molecule has 136 valence electrons. The molecule has 0 spiro atoms. The van der Waals surface area contributed by atoms with E-state index in [-0.39, 0.29) is 23.6 Å². The molecule has 0 radical (unpaired) electrons. The van der Waals surface area contributed by atoms with Crippen LogP contribution in [0.25, 0.3) is 22.1 Å². The van der Waals surface area contributed by atoms with Gasteiger partial charge in [0.05, 0.1) is 13.4 Å². The zero-order valence-electron chi connectivity index (χ0n) is 14.6. The first kappa shape index (κ1) is 16.8. The van der Waals surface area contributed by atoms with Crippen molar-refractivity contribution in [3.05, 3.63) is 70.8 Å². The van der Waals surface area contributed by atoms with Crippen LogP contribution in [0.15, 0.2) is 64.1 Å². The first-order valence-corrected chi connectivity index (χ1v) is 8.42. The van der Waals surface area contributed by atoms with Crippen molar-refractivity contribution in [2.75, 3.05) is 7.11 Å². The van der Waals surface area contributed by atoms with Gasteiger partial charge in [0, 0.05) is 11.9 Å². The lowest BCUT2D eigenvalue weighted by molar-refractivity contribution is -0.121. The summed E-state index contributed by atoms with van der Waals surface area (Å²) in [6.07, 6.45) is 1.37. The summed E-state index contributed by atoms with van der Waals surface area (Å²) in [5, 5.41) is 3.57. The number of hydrogen-bond donors (Lipinski definition) is 1. The summed E-state index contributed by atoms with van der Waals surface area (Å²) in [6, 6.07) is 14.7. The van der Waals surface area contributed by atoms with E-state index in [2.05, 4.69) is 10.3 Å². The molecule has 0 aliphatic rings. The van der Waals surface area contributed by atoms with E-state index >= 15 is 0 Å². The van der Waals surface area contributed by atoms with Crippen LogP contribution >= 0.6 is 0 Å². The van der Waals surface area contributed by atoms with Crippen LogP contribution in [0.3, 0.4) is 0 Å². The summed E-state index contributed by atoms with van der Waals surface area (Å²) in [7, 11) is 1.59. The summed E-state index contributed by atoms with van der Waals surface area (Å²) in [4.78, 5) is 29.2. The SMILES string of the molecule is COc1cccc(CNC(=O)Cn2cnc3c(oc4ccccc43)c2=O)c1. The number of aromatic nitrogens is 2. The monoisotopic (exact) mass is 363 g/mol. The van der Waals surface area contributed by atoms with E-state index in [0.717, 1.165) is 16.7 Å². The largest absolute Gasteiger partial charge is 0.497 e. The molecule has 0 fully saturated rings. The van der Waals surface area contributed by atoms with Gasteiger partial charge in [0.25, 0.3) is 5.56 Å². The van der Waals surface area contributed by atoms with Gasteiger partial charge in [-0.15, -0.1) is 0 Å². The molecule has 4 rings (SSSR count). The molecule has 0 saturated heterocycles. The number of para-hydroxylation sites is 1. The van der Waals surface area contributed by atoms with E-state index in [0.29, 0.717) is 17.6 Å². The van der Waals surface area contributed by atoms with Gasteiger partial charge in [-0.3, -0.25) is 14.2 Å². The smallest absolute Gasteiger partial charge is 0.297 e. The van der Waals surface area contributed by atoms with Crippen molar-refractivity contribution < 1.29 is 13.9 Å². The normalized spacial score (nSPS) is 11.0. The maximum atomic E-state index is 12.6. The van der Waals surface area contributed by atoms with Crippen molar-refractivity contribution in [2.45, 2.75) is 13.1 Å². The Morgan fingerprint density at radius 1 is 1.22 bits per heavy atom. The first-order chi connectivity index (χ1) is 13.2. The van der Waals surface area contributed by atoms with E-state index in [9.17, 15) is 9.59 Å². The number of nitrogens with one attached hydrogen (secondary N) is 1. The zero-order valence-corrected chi connectivity index (χ0v) is 14.6. The second-order valence-electron chi connectivity index (χ2n) is 6.08. The number of carbonyl (C=O) groups excluding carboxylic acids is 1. The molecule has 0 aliphatic heterocycles. The number of methoxy groups -OCH3 is 1. The molecule has 4 aromatic rings. The molecule has 2 aromatic carbocycles. The van der Waals surface area contributed by atoms with Crippen LogP contribution in [0.4, 0.5) is 0 Å². The molecule has 27 heavy (non-hydrogen) atoms. The minimum absolute atomic E-state index is 0.136. The molecule has 2 aromatic heterocycles. The summed E-state index contributed by atoms with van der Waals surface area (Å²) < 4.78 is 12.0. The van der Waals surface area contributed by atoms with E-state index < -0.39 is 0 Å². The summed E-state index contributed by atoms with van der Waals surface area (Å²) in [5.74, 6) is 0.426. The van der Waals surface area contributed by atoms with Gasteiger partial charge in [0.1, 0.15) is 23.4 Å². The highest BCUT2D eigenvalue weighted by Gasteiger charge is 2.14. The average Bonchev–Trinajstić information content (AvgIpc) is 3.08. The number of amides is 1. The van der Waals surface area contributed by atoms with Crippen LogP contribution in [0.1, 0.15) is 5.56 Å². The molecule has 1 N–H and O–H groups in total. The van der Waals surface area contributed by atoms with E-state index in [4.69, 9.17) is 9.15 Å². The van der Waals surface area contributed by atoms with Gasteiger partial charge in [-0.25, -0.2) is 4.98 Å². The zero-order chi connectivity index (χ0) is 18.8. The molecule has 7 nitrogen and oxygen atoms in total. The van der Waals surface area contributed by atoms with Crippen LogP contribution in [0.5, 0.6) is 5.75 Å². The molecule has 0 saturated carbocycles. The Balaban J connectivity index is 1.52. The molecular weight excluding hydrogens is 346 g/mol. The Bertz CT molecular complexity index is 1190. The predicted molar refractivity (Wildman–Crippen MR) is 101 cm³/mol. The van der Waals surface area contributed by atoms with Gasteiger partial charge in [0.2, 0.25) is 11.5 Å². The fraction of sp³-hybridized carbons (Fsp3) is 0.150. The number of hydrogen-bond acceptors (Lipinski definition) is 5. The predicted octanol–water partition coefficient (Wildman–Crippen LogP) is 2.47. The van der Waals surface area contributed by atoms with E-state index in [1.54, 1.807) is 13.2 Å². The number of furan rings is 1. The van der Waals surface area contributed by atoms with E-state index in [1.807, 2.05) is 42.5 Å². The molecule has 0 bridgehead atoms. The number of fused-ring (bicyclic) bond motifs is 3. The lowest BCUT2D eigenvalue weighted by atomic mass is 10.2. The highest BCUT2D eigenvalue weighted by molar-refractivity contribution is 6.01. The maximum Gasteiger partial charge on any atom is 0.297 e. The Hall–Kier alpha value is -3.61. The van der Waals surface area contributed by atoms with Crippen LogP contribution < -0.4 is 15.6 Å². The lowest BCUT2D eigenvalue weighted by Crippen LogP contribution is -2.32. The van der Waals surface area contributed by atoms with Crippen molar-refractivity contribution in [1.82, 2.24) is 14.9 Å². The van der Waals surface area contributed by atoms with Crippen LogP contribution in [-0.2, 0) is 17.9 Å². The minimum Gasteiger partial charge on any atom is -0.497 e. The number of benzene rings is 2. The third kappa shape index (κ3) is 3.27. The van der Waals surface area contributed by atoms with Gasteiger partial charge in [-0.2, -0.15) is 0 Å². The Morgan fingerprint density at radius 3 is 2.93 bits per heavy atom. The summed E-state index contributed by atoms with van der Waals surface area (Å²) in [5.41, 5.74) is 1.77. The molecule has 2 heterocycles. The fourth-order valence-electron chi connectivity index (χ4n) is 2.92. The second kappa shape index (κ2) is 6.95. The lowest BCUT2D eigenvalue weighted by Gasteiger charge is -2.08. The quantitative estimate of drug-likeness (QED) is 0.589. The number of rotatable bonds is 5. The number of carbonyl (C=O) groups is 1. The third-order valence-corrected chi connectivity index (χ3v) is 4.29. The van der Waals surface area contributed by atoms with Gasteiger partial charge >= 0.3 is 0 Å². The van der Waals surface area contributed by atoms with Crippen molar-refractivity contribution in [3.8, 4) is 5.75 Å². The molecule has 0 atom stereocenters. The highest BCUT2D eigenvalue weighted by atomic mass is 16.5. The van der Waals surface area contributed by atoms with Crippen LogP contribution in [0, 0.1) is 0 Å². The van der Waals surface area contributed by atoms with E-state index in [1.165, 1.54) is 10.9 Å². The molecular formula is C20H17N3O4. The Morgan fingerprint density at radius 2 is 2.07 bits per heavy atom. The fourth-order valence-corrected chi connectivity index (χ4v) is 2.92. The summed E-state index contributed by atoms with van der Waals surface area (Å²) in [6.45, 7) is 0.202. The van der Waals surface area contributed by atoms with Gasteiger partial charge in [-0.05, 0) is 29.8 Å². The molecule has 0 aliphatic carbocycles. The van der Waals surface area contributed by atoms with Crippen LogP contribution in [0.2, 0.25) is 0 Å². The van der Waals surface area contributed by atoms with Crippen molar-refractivity contribution in [3.63, 3.8) is 0 Å². The molecule has 0 unspecified atom stereocenters. The minimum atomic E-state index is -0.382. The molecule has 1 amide bonds. The number of nitrogens with zero attached hydrogens (tertiary/aromatic N) is 2. The van der Waals surface area contributed by atoms with Crippen LogP contribution in [-0.4, -0.2) is 22.6 Å². The second-order valence-corrected chi connectivity index (χ2v) is 6.08. The Kier molecular flexibility index (Phi) is 4.33. The number of ether oxygens (including phenoxy) is 1. The maximum absolute atomic E-state index is 12.6. The average molecular weight is 363 g/mol. The van der Waals surface area contributed by atoms with Gasteiger partial charge < -0.3 is 14.5 Å². The first-order valence-electron chi connectivity index (χ1n) is 8.42. The van der Waals surface area contributed by atoms with Gasteiger partial charge in [-0.1, -0.05) is 24.3 Å². The third-order valence-electron chi connectivity index (χ3n) is 4.29.